The summed E-state index contributed by atoms with van der Waals surface area (Å²) >= 11 is 5.93. The number of rotatable bonds is 6. The molecule has 26 heavy (non-hydrogen) atoms. The van der Waals surface area contributed by atoms with Crippen LogP contribution in [0.5, 0.6) is 0 Å². The summed E-state index contributed by atoms with van der Waals surface area (Å²) in [5.74, 6) is 0.148. The second kappa shape index (κ2) is 8.12. The molecule has 0 saturated carbocycles. The van der Waals surface area contributed by atoms with Gasteiger partial charge in [0.25, 0.3) is 5.91 Å². The van der Waals surface area contributed by atoms with E-state index < -0.39 is 0 Å². The second-order valence-electron chi connectivity index (χ2n) is 6.10. The van der Waals surface area contributed by atoms with Gasteiger partial charge in [0.2, 0.25) is 0 Å². The Morgan fingerprint density at radius 2 is 1.69 bits per heavy atom. The second-order valence-corrected chi connectivity index (χ2v) is 6.54. The van der Waals surface area contributed by atoms with E-state index in [0.29, 0.717) is 28.4 Å². The van der Waals surface area contributed by atoms with Crippen molar-refractivity contribution < 1.29 is 4.79 Å². The third-order valence-electron chi connectivity index (χ3n) is 3.74. The minimum atomic E-state index is -0.262. The van der Waals surface area contributed by atoms with Crippen LogP contribution in [0.3, 0.4) is 0 Å². The normalized spacial score (nSPS) is 10.9. The number of aromatic nitrogens is 2. The molecule has 0 spiro atoms. The highest BCUT2D eigenvalue weighted by molar-refractivity contribution is 6.30. The minimum absolute atomic E-state index is 0.261. The molecule has 0 saturated heterocycles. The number of nitrogens with one attached hydrogen (secondary N) is 2. The van der Waals surface area contributed by atoms with Crippen molar-refractivity contribution >= 4 is 40.0 Å². The maximum Gasteiger partial charge on any atom is 0.273 e. The average molecular weight is 370 g/mol. The molecule has 7 heteroatoms. The Morgan fingerprint density at radius 1 is 1.04 bits per heavy atom. The molecule has 3 rings (SSSR count). The fraction of sp³-hybridized carbons (Fsp3) is 0.211. The third-order valence-corrected chi connectivity index (χ3v) is 3.99. The number of carbonyl (C=O) groups excluding carboxylic acids is 1. The molecule has 1 heterocycles. The van der Waals surface area contributed by atoms with Crippen LogP contribution in [0.25, 0.3) is 11.0 Å². The van der Waals surface area contributed by atoms with Crippen LogP contribution in [0, 0.1) is 0 Å². The van der Waals surface area contributed by atoms with Crippen molar-refractivity contribution in [3.8, 4) is 0 Å². The molecule has 0 atom stereocenters. The number of benzene rings is 2. The van der Waals surface area contributed by atoms with Crippen molar-refractivity contribution in [1.29, 1.82) is 0 Å². The van der Waals surface area contributed by atoms with Crippen LogP contribution in [-0.2, 0) is 0 Å². The lowest BCUT2D eigenvalue weighted by Crippen LogP contribution is -2.32. The molecule has 1 aromatic heterocycles. The van der Waals surface area contributed by atoms with Gasteiger partial charge in [0.15, 0.2) is 11.5 Å². The number of para-hydroxylation sites is 2. The zero-order valence-corrected chi connectivity index (χ0v) is 15.4. The van der Waals surface area contributed by atoms with Gasteiger partial charge in [-0.25, -0.2) is 9.97 Å². The van der Waals surface area contributed by atoms with Crippen LogP contribution >= 0.6 is 11.6 Å². The minimum Gasteiger partial charge on any atom is -0.349 e. The number of amides is 1. The summed E-state index contributed by atoms with van der Waals surface area (Å²) in [7, 11) is 3.91. The average Bonchev–Trinajstić information content (AvgIpc) is 2.62. The van der Waals surface area contributed by atoms with Gasteiger partial charge in [-0.2, -0.15) is 0 Å². The summed E-state index contributed by atoms with van der Waals surface area (Å²) < 4.78 is 0. The van der Waals surface area contributed by atoms with Crippen molar-refractivity contribution in [1.82, 2.24) is 20.2 Å². The van der Waals surface area contributed by atoms with E-state index in [1.165, 1.54) is 0 Å². The number of halogens is 1. The van der Waals surface area contributed by atoms with Crippen molar-refractivity contribution in [2.75, 3.05) is 32.5 Å². The molecule has 0 aliphatic carbocycles. The predicted octanol–water partition coefficient (Wildman–Crippen LogP) is 3.32. The quantitative estimate of drug-likeness (QED) is 0.697. The van der Waals surface area contributed by atoms with Crippen LogP contribution in [0.1, 0.15) is 10.5 Å². The smallest absolute Gasteiger partial charge is 0.273 e. The maximum atomic E-state index is 12.6. The molecule has 0 aliphatic rings. The fourth-order valence-corrected chi connectivity index (χ4v) is 2.52. The highest BCUT2D eigenvalue weighted by atomic mass is 35.5. The van der Waals surface area contributed by atoms with Crippen molar-refractivity contribution in [2.24, 2.45) is 0 Å². The molecule has 3 aromatic rings. The molecule has 2 N–H and O–H groups in total. The van der Waals surface area contributed by atoms with Crippen molar-refractivity contribution in [3.63, 3.8) is 0 Å². The Bertz CT molecular complexity index is 911. The highest BCUT2D eigenvalue weighted by Crippen LogP contribution is 2.22. The van der Waals surface area contributed by atoms with Crippen LogP contribution in [-0.4, -0.2) is 48.0 Å². The lowest BCUT2D eigenvalue weighted by atomic mass is 10.2. The van der Waals surface area contributed by atoms with Gasteiger partial charge in [-0.05, 0) is 50.5 Å². The monoisotopic (exact) mass is 369 g/mol. The molecule has 0 unspecified atom stereocenters. The van der Waals surface area contributed by atoms with Crippen LogP contribution < -0.4 is 10.6 Å². The Labute approximate surface area is 157 Å². The zero-order chi connectivity index (χ0) is 18.5. The number of fused-ring (bicyclic) bond motifs is 1. The van der Waals surface area contributed by atoms with Crippen molar-refractivity contribution in [3.05, 3.63) is 59.2 Å². The summed E-state index contributed by atoms with van der Waals surface area (Å²) in [6, 6.07) is 14.7. The van der Waals surface area contributed by atoms with E-state index in [0.717, 1.165) is 12.2 Å². The van der Waals surface area contributed by atoms with Gasteiger partial charge in [0.1, 0.15) is 0 Å². The molecule has 0 aliphatic heterocycles. The number of likely N-dealkylation sites (N-methyl/N-ethyl adjacent to an activating group) is 1. The summed E-state index contributed by atoms with van der Waals surface area (Å²) in [6.45, 7) is 1.27. The molecule has 2 aromatic carbocycles. The number of carbonyl (C=O) groups is 1. The first kappa shape index (κ1) is 18.1. The Hall–Kier alpha value is -2.70. The molecule has 0 radical (unpaired) electrons. The van der Waals surface area contributed by atoms with E-state index >= 15 is 0 Å². The largest absolute Gasteiger partial charge is 0.349 e. The van der Waals surface area contributed by atoms with Gasteiger partial charge >= 0.3 is 0 Å². The number of hydrogen-bond acceptors (Lipinski definition) is 5. The van der Waals surface area contributed by atoms with E-state index in [1.54, 1.807) is 12.1 Å². The van der Waals surface area contributed by atoms with E-state index in [-0.39, 0.29) is 11.6 Å². The van der Waals surface area contributed by atoms with Crippen LogP contribution in [0.4, 0.5) is 11.5 Å². The number of anilines is 2. The molecule has 6 nitrogen and oxygen atoms in total. The van der Waals surface area contributed by atoms with Gasteiger partial charge < -0.3 is 15.5 Å². The molecule has 0 bridgehead atoms. The van der Waals surface area contributed by atoms with E-state index in [4.69, 9.17) is 11.6 Å². The summed E-state index contributed by atoms with van der Waals surface area (Å²) in [5, 5.41) is 6.70. The molecule has 0 fully saturated rings. The first-order valence-corrected chi connectivity index (χ1v) is 8.63. The predicted molar refractivity (Wildman–Crippen MR) is 105 cm³/mol. The standard InChI is InChI=1S/C19H20ClN5O/c1-25(2)12-11-21-19(26)17-18(22-14-9-7-13(20)8-10-14)24-16-6-4-3-5-15(16)23-17/h3-10H,11-12H2,1-2H3,(H,21,26)(H,22,24). The van der Waals surface area contributed by atoms with E-state index in [1.807, 2.05) is 55.4 Å². The molecule has 1 amide bonds. The maximum absolute atomic E-state index is 12.6. The van der Waals surface area contributed by atoms with Gasteiger partial charge in [-0.3, -0.25) is 4.79 Å². The zero-order valence-electron chi connectivity index (χ0n) is 14.7. The summed E-state index contributed by atoms with van der Waals surface area (Å²) in [5.41, 5.74) is 2.43. The number of hydrogen-bond donors (Lipinski definition) is 2. The Kier molecular flexibility index (Phi) is 5.65. The third kappa shape index (κ3) is 4.47. The topological polar surface area (TPSA) is 70.2 Å². The van der Waals surface area contributed by atoms with Crippen LogP contribution in [0.15, 0.2) is 48.5 Å². The first-order valence-electron chi connectivity index (χ1n) is 8.25. The van der Waals surface area contributed by atoms with Gasteiger partial charge in [-0.1, -0.05) is 23.7 Å². The molecular weight excluding hydrogens is 350 g/mol. The summed E-state index contributed by atoms with van der Waals surface area (Å²) in [4.78, 5) is 23.7. The lowest BCUT2D eigenvalue weighted by Gasteiger charge is -2.13. The van der Waals surface area contributed by atoms with Gasteiger partial charge in [0, 0.05) is 23.8 Å². The Balaban J connectivity index is 1.93. The number of nitrogens with zero attached hydrogens (tertiary/aromatic N) is 3. The van der Waals surface area contributed by atoms with E-state index in [2.05, 4.69) is 20.6 Å². The SMILES string of the molecule is CN(C)CCNC(=O)c1nc2ccccc2nc1Nc1ccc(Cl)cc1. The molecular formula is C19H20ClN5O. The van der Waals surface area contributed by atoms with Gasteiger partial charge in [0.05, 0.1) is 11.0 Å². The lowest BCUT2D eigenvalue weighted by molar-refractivity contribution is 0.0947. The fourth-order valence-electron chi connectivity index (χ4n) is 2.39. The Morgan fingerprint density at radius 3 is 2.35 bits per heavy atom. The van der Waals surface area contributed by atoms with Crippen molar-refractivity contribution in [2.45, 2.75) is 0 Å². The van der Waals surface area contributed by atoms with Crippen LogP contribution in [0.2, 0.25) is 5.02 Å². The van der Waals surface area contributed by atoms with E-state index in [9.17, 15) is 4.79 Å². The first-order chi connectivity index (χ1) is 12.5. The highest BCUT2D eigenvalue weighted by Gasteiger charge is 2.16. The summed E-state index contributed by atoms with van der Waals surface area (Å²) in [6.07, 6.45) is 0. The van der Waals surface area contributed by atoms with Gasteiger partial charge in [-0.15, -0.1) is 0 Å². The molecule has 134 valence electrons.